The van der Waals surface area contributed by atoms with Crippen LogP contribution < -0.4 is 10.1 Å². The van der Waals surface area contributed by atoms with Gasteiger partial charge in [0.1, 0.15) is 5.75 Å². The molecule has 1 aromatic rings. The van der Waals surface area contributed by atoms with Gasteiger partial charge in [-0.1, -0.05) is 6.07 Å². The summed E-state index contributed by atoms with van der Waals surface area (Å²) >= 11 is 0. The predicted octanol–water partition coefficient (Wildman–Crippen LogP) is 2.81. The maximum absolute atomic E-state index is 12.8. The van der Waals surface area contributed by atoms with Crippen molar-refractivity contribution < 1.29 is 18.3 Å². The van der Waals surface area contributed by atoms with Crippen molar-refractivity contribution in [2.24, 2.45) is 0 Å². The van der Waals surface area contributed by atoms with Crippen LogP contribution in [-0.4, -0.2) is 25.0 Å². The number of fused-ring (bicyclic) bond motifs is 3. The van der Waals surface area contributed by atoms with Crippen LogP contribution in [0.5, 0.6) is 5.75 Å². The number of rotatable bonds is 4. The second-order valence-corrected chi connectivity index (χ2v) is 5.88. The highest BCUT2D eigenvalue weighted by Crippen LogP contribution is 2.43. The zero-order chi connectivity index (χ0) is 15.0. The van der Waals surface area contributed by atoms with Gasteiger partial charge in [-0.25, -0.2) is 0 Å². The summed E-state index contributed by atoms with van der Waals surface area (Å²) in [6.07, 6.45) is 3.66. The van der Waals surface area contributed by atoms with Gasteiger partial charge in [-0.15, -0.1) is 0 Å². The third-order valence-electron chi connectivity index (χ3n) is 4.36. The van der Waals surface area contributed by atoms with E-state index < -0.39 is 11.8 Å². The molecule has 0 fully saturated rings. The maximum atomic E-state index is 12.8. The zero-order valence-electron chi connectivity index (χ0n) is 12.0. The van der Waals surface area contributed by atoms with Gasteiger partial charge >= 0.3 is 5.92 Å². The van der Waals surface area contributed by atoms with Crippen molar-refractivity contribution in [3.8, 4) is 5.75 Å². The standard InChI is InChI=1S/C16H19F2NO2/c1-16(17,18)15(20)19-8-6-11-3-2-10-4-5-13-12(14(10)11)7-9-21-13/h4-5,11H,2-3,6-9H2,1H3,(H,19,20)/t11-/m0/s1. The van der Waals surface area contributed by atoms with Gasteiger partial charge in [0.25, 0.3) is 5.91 Å². The lowest BCUT2D eigenvalue weighted by molar-refractivity contribution is -0.143. The number of amides is 1. The second-order valence-electron chi connectivity index (χ2n) is 5.88. The van der Waals surface area contributed by atoms with E-state index >= 15 is 0 Å². The quantitative estimate of drug-likeness (QED) is 0.927. The average Bonchev–Trinajstić information content (AvgIpc) is 3.02. The smallest absolute Gasteiger partial charge is 0.321 e. The first-order valence-electron chi connectivity index (χ1n) is 7.40. The van der Waals surface area contributed by atoms with Crippen molar-refractivity contribution in [3.05, 3.63) is 28.8 Å². The van der Waals surface area contributed by atoms with Crippen LogP contribution in [0.15, 0.2) is 12.1 Å². The molecule has 1 atom stereocenters. The molecule has 1 aromatic carbocycles. The molecule has 1 heterocycles. The van der Waals surface area contributed by atoms with Crippen molar-refractivity contribution >= 4 is 5.91 Å². The summed E-state index contributed by atoms with van der Waals surface area (Å²) in [5, 5.41) is 2.33. The molecule has 0 saturated carbocycles. The summed E-state index contributed by atoms with van der Waals surface area (Å²) in [6.45, 7) is 1.63. The van der Waals surface area contributed by atoms with Gasteiger partial charge in [-0.2, -0.15) is 8.78 Å². The van der Waals surface area contributed by atoms with E-state index in [-0.39, 0.29) is 6.54 Å². The highest BCUT2D eigenvalue weighted by molar-refractivity contribution is 5.82. The van der Waals surface area contributed by atoms with E-state index in [1.165, 1.54) is 16.7 Å². The number of benzene rings is 1. The van der Waals surface area contributed by atoms with Crippen LogP contribution in [0, 0.1) is 0 Å². The minimum absolute atomic E-state index is 0.289. The number of halogens is 2. The van der Waals surface area contributed by atoms with Gasteiger partial charge in [0.15, 0.2) is 0 Å². The van der Waals surface area contributed by atoms with E-state index in [0.717, 1.165) is 31.6 Å². The summed E-state index contributed by atoms with van der Waals surface area (Å²) in [7, 11) is 0. The molecule has 3 rings (SSSR count). The van der Waals surface area contributed by atoms with E-state index in [2.05, 4.69) is 11.4 Å². The minimum atomic E-state index is -3.30. The van der Waals surface area contributed by atoms with Crippen molar-refractivity contribution in [1.29, 1.82) is 0 Å². The van der Waals surface area contributed by atoms with Crippen molar-refractivity contribution in [1.82, 2.24) is 5.32 Å². The zero-order valence-corrected chi connectivity index (χ0v) is 12.0. The molecule has 0 bridgehead atoms. The van der Waals surface area contributed by atoms with E-state index in [0.29, 0.717) is 19.3 Å². The Balaban J connectivity index is 1.66. The summed E-state index contributed by atoms with van der Waals surface area (Å²) < 4.78 is 31.2. The fourth-order valence-corrected chi connectivity index (χ4v) is 3.35. The van der Waals surface area contributed by atoms with Crippen LogP contribution >= 0.6 is 0 Å². The van der Waals surface area contributed by atoms with Gasteiger partial charge in [0.05, 0.1) is 6.61 Å². The molecule has 1 N–H and O–H groups in total. The lowest BCUT2D eigenvalue weighted by Crippen LogP contribution is -2.38. The van der Waals surface area contributed by atoms with Crippen LogP contribution in [0.25, 0.3) is 0 Å². The van der Waals surface area contributed by atoms with Crippen LogP contribution in [-0.2, 0) is 17.6 Å². The first-order valence-corrected chi connectivity index (χ1v) is 7.40. The fourth-order valence-electron chi connectivity index (χ4n) is 3.35. The summed E-state index contributed by atoms with van der Waals surface area (Å²) in [5.41, 5.74) is 3.96. The highest BCUT2D eigenvalue weighted by atomic mass is 19.3. The Kier molecular flexibility index (Phi) is 3.59. The first-order chi connectivity index (χ1) is 9.97. The van der Waals surface area contributed by atoms with Crippen molar-refractivity contribution in [3.63, 3.8) is 0 Å². The van der Waals surface area contributed by atoms with E-state index in [4.69, 9.17) is 4.74 Å². The normalized spacial score (nSPS) is 19.9. The Morgan fingerprint density at radius 3 is 3.00 bits per heavy atom. The number of hydrogen-bond acceptors (Lipinski definition) is 2. The van der Waals surface area contributed by atoms with Crippen LogP contribution in [0.4, 0.5) is 8.78 Å². The number of carbonyl (C=O) groups is 1. The third-order valence-corrected chi connectivity index (χ3v) is 4.36. The molecule has 114 valence electrons. The molecular formula is C16H19F2NO2. The number of alkyl halides is 2. The second kappa shape index (κ2) is 5.28. The number of hydrogen-bond donors (Lipinski definition) is 1. The molecule has 2 aliphatic rings. The number of nitrogens with one attached hydrogen (secondary N) is 1. The summed E-state index contributed by atoms with van der Waals surface area (Å²) in [5.74, 6) is -3.20. The summed E-state index contributed by atoms with van der Waals surface area (Å²) in [6, 6.07) is 4.14. The van der Waals surface area contributed by atoms with Crippen LogP contribution in [0.2, 0.25) is 0 Å². The molecule has 5 heteroatoms. The Bertz CT molecular complexity index is 566. The van der Waals surface area contributed by atoms with E-state index in [1.807, 2.05) is 6.07 Å². The molecule has 1 aliphatic heterocycles. The minimum Gasteiger partial charge on any atom is -0.493 e. The molecule has 3 nitrogen and oxygen atoms in total. The molecular weight excluding hydrogens is 276 g/mol. The Morgan fingerprint density at radius 2 is 2.24 bits per heavy atom. The average molecular weight is 295 g/mol. The van der Waals surface area contributed by atoms with Gasteiger partial charge in [-0.05, 0) is 42.4 Å². The lowest BCUT2D eigenvalue weighted by atomic mass is 9.92. The third kappa shape index (κ3) is 2.74. The highest BCUT2D eigenvalue weighted by Gasteiger charge is 2.33. The fraction of sp³-hybridized carbons (Fsp3) is 0.562. The molecule has 0 unspecified atom stereocenters. The molecule has 1 amide bonds. The number of ether oxygens (including phenoxy) is 1. The molecule has 0 spiro atoms. The van der Waals surface area contributed by atoms with Crippen LogP contribution in [0.3, 0.4) is 0 Å². The van der Waals surface area contributed by atoms with Gasteiger partial charge in [0, 0.05) is 25.5 Å². The van der Waals surface area contributed by atoms with Crippen LogP contribution in [0.1, 0.15) is 42.4 Å². The molecule has 0 radical (unpaired) electrons. The largest absolute Gasteiger partial charge is 0.493 e. The predicted molar refractivity (Wildman–Crippen MR) is 75.0 cm³/mol. The van der Waals surface area contributed by atoms with E-state index in [9.17, 15) is 13.6 Å². The Hall–Kier alpha value is -1.65. The topological polar surface area (TPSA) is 38.3 Å². The lowest BCUT2D eigenvalue weighted by Gasteiger charge is -2.16. The van der Waals surface area contributed by atoms with Crippen molar-refractivity contribution in [2.75, 3.05) is 13.2 Å². The van der Waals surface area contributed by atoms with Crippen molar-refractivity contribution in [2.45, 2.75) is 44.4 Å². The monoisotopic (exact) mass is 295 g/mol. The SMILES string of the molecule is CC(F)(F)C(=O)NCC[C@@H]1CCc2ccc3c(c21)CCO3. The first kappa shape index (κ1) is 14.3. The molecule has 0 aromatic heterocycles. The van der Waals surface area contributed by atoms with Gasteiger partial charge < -0.3 is 10.1 Å². The number of aryl methyl sites for hydroxylation is 1. The van der Waals surface area contributed by atoms with Gasteiger partial charge in [0.2, 0.25) is 0 Å². The number of carbonyl (C=O) groups excluding carboxylic acids is 1. The summed E-state index contributed by atoms with van der Waals surface area (Å²) in [4.78, 5) is 11.2. The van der Waals surface area contributed by atoms with Gasteiger partial charge in [-0.3, -0.25) is 4.79 Å². The molecule has 1 aliphatic carbocycles. The Labute approximate surface area is 122 Å². The molecule has 0 saturated heterocycles. The molecule has 21 heavy (non-hydrogen) atoms. The maximum Gasteiger partial charge on any atom is 0.321 e. The van der Waals surface area contributed by atoms with E-state index in [1.54, 1.807) is 0 Å². The Morgan fingerprint density at radius 1 is 1.43 bits per heavy atom.